The van der Waals surface area contributed by atoms with Crippen LogP contribution in [0, 0.1) is 23.7 Å². The average molecular weight is 435 g/mol. The fraction of sp³-hybridized carbons (Fsp3) is 1.00. The van der Waals surface area contributed by atoms with E-state index in [9.17, 15) is 0 Å². The second-order valence-corrected chi connectivity index (χ2v) is 9.26. The first kappa shape index (κ1) is 31.9. The highest BCUT2D eigenvalue weighted by Gasteiger charge is 2.26. The minimum atomic E-state index is 0.220. The van der Waals surface area contributed by atoms with Crippen molar-refractivity contribution in [2.24, 2.45) is 23.7 Å². The highest BCUT2D eigenvalue weighted by molar-refractivity contribution is 4.80. The van der Waals surface area contributed by atoms with E-state index < -0.39 is 0 Å². The Labute approximate surface area is 187 Å². The van der Waals surface area contributed by atoms with Gasteiger partial charge >= 0.3 is 0 Å². The first-order valence-electron chi connectivity index (χ1n) is 11.9. The molecule has 0 aromatic rings. The van der Waals surface area contributed by atoms with Crippen molar-refractivity contribution in [1.82, 2.24) is 9.80 Å². The second kappa shape index (κ2) is 17.3. The van der Waals surface area contributed by atoms with Gasteiger partial charge in [0, 0.05) is 50.6 Å². The predicted octanol–water partition coefficient (Wildman–Crippen LogP) is 2.68. The summed E-state index contributed by atoms with van der Waals surface area (Å²) in [6.07, 6.45) is 0. The third-order valence-corrected chi connectivity index (χ3v) is 7.27. The molecule has 0 aliphatic rings. The fourth-order valence-electron chi connectivity index (χ4n) is 3.81. The lowest BCUT2D eigenvalue weighted by Crippen LogP contribution is -2.47. The van der Waals surface area contributed by atoms with Crippen LogP contribution in [0.5, 0.6) is 0 Å². The van der Waals surface area contributed by atoms with Crippen LogP contribution in [0.15, 0.2) is 0 Å². The maximum Gasteiger partial charge on any atom is 0.0471 e. The molecule has 30 heavy (non-hydrogen) atoms. The van der Waals surface area contributed by atoms with Gasteiger partial charge in [-0.3, -0.25) is 9.80 Å². The molecule has 6 heteroatoms. The van der Waals surface area contributed by atoms with E-state index in [4.69, 9.17) is 20.4 Å². The molecule has 8 unspecified atom stereocenters. The van der Waals surface area contributed by atoms with Crippen LogP contribution >= 0.6 is 0 Å². The van der Waals surface area contributed by atoms with E-state index >= 15 is 0 Å². The molecule has 0 heterocycles. The molecule has 0 saturated heterocycles. The van der Waals surface area contributed by atoms with Crippen molar-refractivity contribution in [1.29, 1.82) is 0 Å². The topological polar surface area (TPSA) is 87.4 Å². The summed E-state index contributed by atoms with van der Waals surface area (Å²) in [4.78, 5) is 4.70. The summed E-state index contributed by atoms with van der Waals surface area (Å²) < 4.78 is 0. The molecule has 0 saturated carbocycles. The van der Waals surface area contributed by atoms with Crippen LogP contribution in [0.25, 0.3) is 0 Å². The van der Waals surface area contributed by atoms with Crippen molar-refractivity contribution >= 4 is 0 Å². The van der Waals surface area contributed by atoms with Crippen molar-refractivity contribution in [2.75, 3.05) is 39.5 Å². The third-order valence-electron chi connectivity index (χ3n) is 7.27. The molecule has 0 aliphatic carbocycles. The summed E-state index contributed by atoms with van der Waals surface area (Å²) >= 11 is 0. The standard InChI is InChI=1S/2C12H27NO2/c2*1-6-13(11(4)9(2)7-14)12(5)10(3)8-15/h2*9-12,14-15H,6-8H2,1-5H3. The Morgan fingerprint density at radius 1 is 0.433 bits per heavy atom. The van der Waals surface area contributed by atoms with Crippen LogP contribution in [-0.4, -0.2) is 93.9 Å². The molecule has 0 rings (SSSR count). The van der Waals surface area contributed by atoms with Crippen LogP contribution in [0.1, 0.15) is 69.2 Å². The Morgan fingerprint density at radius 2 is 0.600 bits per heavy atom. The summed E-state index contributed by atoms with van der Waals surface area (Å²) in [6.45, 7) is 23.9. The van der Waals surface area contributed by atoms with E-state index in [-0.39, 0.29) is 50.1 Å². The lowest BCUT2D eigenvalue weighted by Gasteiger charge is -2.38. The van der Waals surface area contributed by atoms with E-state index in [1.807, 2.05) is 0 Å². The van der Waals surface area contributed by atoms with E-state index in [0.717, 1.165) is 13.1 Å². The highest BCUT2D eigenvalue weighted by atomic mass is 16.3. The zero-order valence-electron chi connectivity index (χ0n) is 21.5. The summed E-state index contributed by atoms with van der Waals surface area (Å²) in [5, 5.41) is 36.6. The number of aliphatic hydroxyl groups excluding tert-OH is 4. The smallest absolute Gasteiger partial charge is 0.0471 e. The Bertz CT molecular complexity index is 331. The molecule has 0 aromatic carbocycles. The predicted molar refractivity (Wildman–Crippen MR) is 128 cm³/mol. The second-order valence-electron chi connectivity index (χ2n) is 9.26. The zero-order chi connectivity index (χ0) is 24.0. The van der Waals surface area contributed by atoms with Gasteiger partial charge in [0.15, 0.2) is 0 Å². The van der Waals surface area contributed by atoms with E-state index in [1.54, 1.807) is 0 Å². The first-order chi connectivity index (χ1) is 14.0. The van der Waals surface area contributed by atoms with Gasteiger partial charge in [-0.15, -0.1) is 0 Å². The maximum absolute atomic E-state index is 9.15. The summed E-state index contributed by atoms with van der Waals surface area (Å²) in [6, 6.07) is 1.40. The average Bonchev–Trinajstić information content (AvgIpc) is 2.77. The van der Waals surface area contributed by atoms with Crippen molar-refractivity contribution in [2.45, 2.75) is 93.4 Å². The van der Waals surface area contributed by atoms with Gasteiger partial charge in [0.2, 0.25) is 0 Å². The van der Waals surface area contributed by atoms with E-state index in [2.05, 4.69) is 79.0 Å². The third kappa shape index (κ3) is 10.4. The van der Waals surface area contributed by atoms with Crippen LogP contribution in [-0.2, 0) is 0 Å². The van der Waals surface area contributed by atoms with Crippen LogP contribution < -0.4 is 0 Å². The van der Waals surface area contributed by atoms with Gasteiger partial charge in [0.05, 0.1) is 0 Å². The molecule has 0 aliphatic heterocycles. The number of hydrogen-bond donors (Lipinski definition) is 4. The zero-order valence-corrected chi connectivity index (χ0v) is 21.5. The van der Waals surface area contributed by atoms with Crippen LogP contribution in [0.4, 0.5) is 0 Å². The lowest BCUT2D eigenvalue weighted by molar-refractivity contribution is 0.0526. The van der Waals surface area contributed by atoms with Crippen molar-refractivity contribution in [3.05, 3.63) is 0 Å². The first-order valence-corrected chi connectivity index (χ1v) is 11.9. The molecular formula is C24H54N2O4. The molecule has 4 N–H and O–H groups in total. The van der Waals surface area contributed by atoms with Crippen molar-refractivity contribution < 1.29 is 20.4 Å². The van der Waals surface area contributed by atoms with Crippen LogP contribution in [0.3, 0.4) is 0 Å². The van der Waals surface area contributed by atoms with Gasteiger partial charge < -0.3 is 20.4 Å². The molecular weight excluding hydrogens is 380 g/mol. The molecule has 6 nitrogen and oxygen atoms in total. The molecule has 0 fully saturated rings. The summed E-state index contributed by atoms with van der Waals surface area (Å²) in [7, 11) is 0. The number of aliphatic hydroxyl groups is 4. The van der Waals surface area contributed by atoms with E-state index in [0.29, 0.717) is 24.2 Å². The van der Waals surface area contributed by atoms with Gasteiger partial charge in [-0.05, 0) is 64.5 Å². The molecule has 0 radical (unpaired) electrons. The quantitative estimate of drug-likeness (QED) is 0.336. The molecule has 0 amide bonds. The number of rotatable bonds is 14. The summed E-state index contributed by atoms with van der Waals surface area (Å²) in [5.41, 5.74) is 0. The Balaban J connectivity index is 0. The Morgan fingerprint density at radius 3 is 0.700 bits per heavy atom. The van der Waals surface area contributed by atoms with Crippen molar-refractivity contribution in [3.63, 3.8) is 0 Å². The Hall–Kier alpha value is -0.240. The Kier molecular flexibility index (Phi) is 18.5. The molecule has 0 bridgehead atoms. The fourth-order valence-corrected chi connectivity index (χ4v) is 3.81. The van der Waals surface area contributed by atoms with Gasteiger partial charge in [-0.25, -0.2) is 0 Å². The van der Waals surface area contributed by atoms with Gasteiger partial charge in [-0.1, -0.05) is 41.5 Å². The normalized spacial score (nSPS) is 20.0. The molecule has 184 valence electrons. The highest BCUT2D eigenvalue weighted by Crippen LogP contribution is 2.19. The maximum atomic E-state index is 9.15. The largest absolute Gasteiger partial charge is 0.396 e. The number of hydrogen-bond acceptors (Lipinski definition) is 6. The molecule has 8 atom stereocenters. The molecule has 0 spiro atoms. The number of nitrogens with zero attached hydrogens (tertiary/aromatic N) is 2. The molecule has 0 aromatic heterocycles. The minimum Gasteiger partial charge on any atom is -0.396 e. The van der Waals surface area contributed by atoms with Crippen LogP contribution in [0.2, 0.25) is 0 Å². The van der Waals surface area contributed by atoms with E-state index in [1.165, 1.54) is 0 Å². The monoisotopic (exact) mass is 434 g/mol. The van der Waals surface area contributed by atoms with Gasteiger partial charge in [0.1, 0.15) is 0 Å². The SMILES string of the molecule is CCN(C(C)C(C)CO)C(C)C(C)CO.CCN(C(C)C(C)CO)C(C)C(C)CO. The lowest BCUT2D eigenvalue weighted by atomic mass is 9.96. The van der Waals surface area contributed by atoms with Gasteiger partial charge in [0.25, 0.3) is 0 Å². The summed E-state index contributed by atoms with van der Waals surface area (Å²) in [5.74, 6) is 1.10. The van der Waals surface area contributed by atoms with Gasteiger partial charge in [-0.2, -0.15) is 0 Å². The van der Waals surface area contributed by atoms with Crippen molar-refractivity contribution in [3.8, 4) is 0 Å². The minimum absolute atomic E-state index is 0.220.